The summed E-state index contributed by atoms with van der Waals surface area (Å²) < 4.78 is 4.23. The number of carbonyl (C=O) groups is 1. The van der Waals surface area contributed by atoms with Gasteiger partial charge in [0.1, 0.15) is 5.00 Å². The molecular formula is C13H18N4OS. The van der Waals surface area contributed by atoms with Crippen molar-refractivity contribution in [3.05, 3.63) is 11.8 Å². The van der Waals surface area contributed by atoms with Gasteiger partial charge in [-0.2, -0.15) is 4.37 Å². The van der Waals surface area contributed by atoms with Gasteiger partial charge < -0.3 is 4.90 Å². The van der Waals surface area contributed by atoms with E-state index in [1.165, 1.54) is 11.5 Å². The topological polar surface area (TPSA) is 39.7 Å². The second kappa shape index (κ2) is 4.83. The Morgan fingerprint density at radius 1 is 1.47 bits per heavy atom. The molecule has 1 saturated heterocycles. The Hall–Kier alpha value is -1.58. The third-order valence-electron chi connectivity index (χ3n) is 3.28. The van der Waals surface area contributed by atoms with Crippen LogP contribution in [0.4, 0.5) is 9.80 Å². The number of anilines is 1. The fourth-order valence-corrected chi connectivity index (χ4v) is 2.63. The van der Waals surface area contributed by atoms with Gasteiger partial charge in [0, 0.05) is 7.05 Å². The van der Waals surface area contributed by atoms with Gasteiger partial charge in [-0.05, 0) is 38.4 Å². The molecule has 6 heteroatoms. The number of aryl methyl sites for hydroxylation is 1. The fourth-order valence-electron chi connectivity index (χ4n) is 1.88. The molecule has 2 amide bonds. The maximum Gasteiger partial charge on any atom is 0.327 e. The average Bonchev–Trinajstić information content (AvgIpc) is 2.78. The normalized spacial score (nSPS) is 17.7. The highest BCUT2D eigenvalue weighted by Crippen LogP contribution is 2.27. The minimum Gasteiger partial charge on any atom is -0.314 e. The van der Waals surface area contributed by atoms with Crippen LogP contribution in [0.15, 0.2) is 6.07 Å². The van der Waals surface area contributed by atoms with Crippen molar-refractivity contribution >= 4 is 22.6 Å². The highest BCUT2D eigenvalue weighted by Gasteiger charge is 2.36. The molecule has 1 aliphatic rings. The Bertz CT molecular complexity index is 531. The van der Waals surface area contributed by atoms with Gasteiger partial charge >= 0.3 is 6.03 Å². The average molecular weight is 278 g/mol. The Morgan fingerprint density at radius 2 is 2.16 bits per heavy atom. The molecular weight excluding hydrogens is 260 g/mol. The van der Waals surface area contributed by atoms with E-state index >= 15 is 0 Å². The first-order valence-electron chi connectivity index (χ1n) is 6.04. The molecule has 1 aromatic rings. The van der Waals surface area contributed by atoms with Crippen molar-refractivity contribution in [1.82, 2.24) is 14.2 Å². The molecule has 1 aliphatic heterocycles. The molecule has 0 saturated carbocycles. The summed E-state index contributed by atoms with van der Waals surface area (Å²) in [4.78, 5) is 17.7. The van der Waals surface area contributed by atoms with E-state index in [9.17, 15) is 4.79 Å². The molecule has 102 valence electrons. The third kappa shape index (κ3) is 2.57. The quantitative estimate of drug-likeness (QED) is 0.776. The molecule has 1 fully saturated rings. The SMILES string of the molecule is C#CC(C)(C)N1CN(C)C(=O)N(c2cc(C)ns2)C1. The number of rotatable bonds is 2. The number of hydrogen-bond acceptors (Lipinski definition) is 4. The Morgan fingerprint density at radius 3 is 2.68 bits per heavy atom. The summed E-state index contributed by atoms with van der Waals surface area (Å²) in [5.41, 5.74) is 0.524. The lowest BCUT2D eigenvalue weighted by Crippen LogP contribution is -2.61. The highest BCUT2D eigenvalue weighted by molar-refractivity contribution is 7.10. The molecule has 5 nitrogen and oxygen atoms in total. The predicted molar refractivity (Wildman–Crippen MR) is 77.0 cm³/mol. The fraction of sp³-hybridized carbons (Fsp3) is 0.538. The zero-order valence-electron chi connectivity index (χ0n) is 11.7. The molecule has 0 radical (unpaired) electrons. The van der Waals surface area contributed by atoms with Gasteiger partial charge in [-0.3, -0.25) is 9.80 Å². The summed E-state index contributed by atoms with van der Waals surface area (Å²) in [6, 6.07) is 1.90. The van der Waals surface area contributed by atoms with Crippen molar-refractivity contribution in [2.45, 2.75) is 26.3 Å². The largest absolute Gasteiger partial charge is 0.327 e. The maximum atomic E-state index is 12.2. The van der Waals surface area contributed by atoms with E-state index in [0.29, 0.717) is 13.3 Å². The van der Waals surface area contributed by atoms with Crippen molar-refractivity contribution in [2.24, 2.45) is 0 Å². The Labute approximate surface area is 118 Å². The van der Waals surface area contributed by atoms with Crippen molar-refractivity contribution in [3.63, 3.8) is 0 Å². The maximum absolute atomic E-state index is 12.2. The van der Waals surface area contributed by atoms with E-state index in [1.807, 2.05) is 26.8 Å². The van der Waals surface area contributed by atoms with Gasteiger partial charge in [-0.25, -0.2) is 4.79 Å². The summed E-state index contributed by atoms with van der Waals surface area (Å²) in [5.74, 6) is 2.77. The van der Waals surface area contributed by atoms with Crippen LogP contribution < -0.4 is 4.90 Å². The smallest absolute Gasteiger partial charge is 0.314 e. The van der Waals surface area contributed by atoms with Crippen LogP contribution >= 0.6 is 11.5 Å². The summed E-state index contributed by atoms with van der Waals surface area (Å²) in [7, 11) is 1.78. The molecule has 19 heavy (non-hydrogen) atoms. The second-order valence-electron chi connectivity index (χ2n) is 5.24. The number of urea groups is 1. The lowest BCUT2D eigenvalue weighted by molar-refractivity contribution is 0.0812. The van der Waals surface area contributed by atoms with Crippen LogP contribution in [0.3, 0.4) is 0 Å². The summed E-state index contributed by atoms with van der Waals surface area (Å²) in [5, 5.41) is 0.854. The molecule has 0 atom stereocenters. The highest BCUT2D eigenvalue weighted by atomic mass is 32.1. The lowest BCUT2D eigenvalue weighted by Gasteiger charge is -2.45. The number of nitrogens with zero attached hydrogens (tertiary/aromatic N) is 4. The first-order valence-corrected chi connectivity index (χ1v) is 6.81. The van der Waals surface area contributed by atoms with Crippen LogP contribution in [0.5, 0.6) is 0 Å². The molecule has 0 bridgehead atoms. The standard InChI is InChI=1S/C13H18N4OS/c1-6-13(3,4)16-8-15(5)12(18)17(9-16)11-7-10(2)14-19-11/h1,7H,8-9H2,2-5H3. The zero-order valence-corrected chi connectivity index (χ0v) is 12.5. The van der Waals surface area contributed by atoms with Crippen molar-refractivity contribution in [2.75, 3.05) is 25.3 Å². The Kier molecular flexibility index (Phi) is 3.52. The van der Waals surface area contributed by atoms with Crippen LogP contribution in [0, 0.1) is 19.3 Å². The van der Waals surface area contributed by atoms with Gasteiger partial charge in [0.15, 0.2) is 0 Å². The molecule has 0 unspecified atom stereocenters. The lowest BCUT2D eigenvalue weighted by atomic mass is 10.1. The predicted octanol–water partition coefficient (Wildman–Crippen LogP) is 1.95. The van der Waals surface area contributed by atoms with Crippen LogP contribution in [0.25, 0.3) is 0 Å². The van der Waals surface area contributed by atoms with Gasteiger partial charge in [-0.15, -0.1) is 6.42 Å². The van der Waals surface area contributed by atoms with Crippen molar-refractivity contribution < 1.29 is 4.79 Å². The first kappa shape index (κ1) is 13.8. The number of aromatic nitrogens is 1. The van der Waals surface area contributed by atoms with Crippen molar-refractivity contribution in [3.8, 4) is 12.3 Å². The summed E-state index contributed by atoms with van der Waals surface area (Å²) >= 11 is 1.33. The molecule has 2 heterocycles. The van der Waals surface area contributed by atoms with Crippen LogP contribution in [-0.2, 0) is 0 Å². The minimum atomic E-state index is -0.396. The van der Waals surface area contributed by atoms with Gasteiger partial charge in [0.2, 0.25) is 0 Å². The molecule has 0 N–H and O–H groups in total. The van der Waals surface area contributed by atoms with E-state index in [2.05, 4.69) is 15.2 Å². The number of carbonyl (C=O) groups excluding carboxylic acids is 1. The third-order valence-corrected chi connectivity index (χ3v) is 4.18. The monoisotopic (exact) mass is 278 g/mol. The number of terminal acetylenes is 1. The zero-order chi connectivity index (χ0) is 14.2. The minimum absolute atomic E-state index is 0.0206. The molecule has 0 aliphatic carbocycles. The van der Waals surface area contributed by atoms with Gasteiger partial charge in [0.25, 0.3) is 0 Å². The molecule has 1 aromatic heterocycles. The van der Waals surface area contributed by atoms with E-state index in [0.717, 1.165) is 10.7 Å². The Balaban J connectivity index is 2.28. The van der Waals surface area contributed by atoms with E-state index in [1.54, 1.807) is 16.8 Å². The van der Waals surface area contributed by atoms with Crippen molar-refractivity contribution in [1.29, 1.82) is 0 Å². The van der Waals surface area contributed by atoms with Crippen LogP contribution in [-0.4, -0.2) is 46.1 Å². The van der Waals surface area contributed by atoms with E-state index in [-0.39, 0.29) is 6.03 Å². The van der Waals surface area contributed by atoms with E-state index < -0.39 is 5.54 Å². The van der Waals surface area contributed by atoms with Crippen LogP contribution in [0.2, 0.25) is 0 Å². The summed E-state index contributed by atoms with van der Waals surface area (Å²) in [6.07, 6.45) is 5.58. The number of amides is 2. The van der Waals surface area contributed by atoms with E-state index in [4.69, 9.17) is 6.42 Å². The first-order chi connectivity index (χ1) is 8.85. The summed E-state index contributed by atoms with van der Waals surface area (Å²) in [6.45, 7) is 6.90. The second-order valence-corrected chi connectivity index (χ2v) is 6.02. The van der Waals surface area contributed by atoms with Crippen LogP contribution in [0.1, 0.15) is 19.5 Å². The molecule has 2 rings (SSSR count). The molecule has 0 aromatic carbocycles. The van der Waals surface area contributed by atoms with Gasteiger partial charge in [0.05, 0.1) is 24.6 Å². The number of hydrogen-bond donors (Lipinski definition) is 0. The molecule has 0 spiro atoms. The van der Waals surface area contributed by atoms with Gasteiger partial charge in [-0.1, -0.05) is 5.92 Å².